The minimum absolute atomic E-state index is 0.403. The monoisotopic (exact) mass is 204 g/mol. The molecule has 1 aliphatic heterocycles. The van der Waals surface area contributed by atoms with E-state index in [1.807, 2.05) is 10.6 Å². The molecular formula is C9H12N6. The summed E-state index contributed by atoms with van der Waals surface area (Å²) >= 11 is 0. The Labute approximate surface area is 86.7 Å². The average Bonchev–Trinajstić information content (AvgIpc) is 2.65. The van der Waals surface area contributed by atoms with Gasteiger partial charge in [0.15, 0.2) is 5.82 Å². The van der Waals surface area contributed by atoms with Gasteiger partial charge in [0.25, 0.3) is 0 Å². The number of nitrogens with zero attached hydrogens (tertiary/aromatic N) is 5. The van der Waals surface area contributed by atoms with Crippen molar-refractivity contribution in [3.8, 4) is 0 Å². The molecule has 2 N–H and O–H groups in total. The fourth-order valence-corrected chi connectivity index (χ4v) is 1.91. The van der Waals surface area contributed by atoms with Crippen LogP contribution >= 0.6 is 0 Å². The second-order valence-corrected chi connectivity index (χ2v) is 3.68. The standard InChI is InChI=1S/C9H12N6/c10-5-7-1-3-15(7)8-9-13-12-6-14(9)4-2-11-8/h2,4,6-7H,1,3,5,10H2. The normalized spacial score (nSPS) is 20.6. The summed E-state index contributed by atoms with van der Waals surface area (Å²) < 4.78 is 1.87. The first-order chi connectivity index (χ1) is 7.40. The number of aromatic nitrogens is 4. The fraction of sp³-hybridized carbons (Fsp3) is 0.444. The van der Waals surface area contributed by atoms with Crippen LogP contribution in [0.3, 0.4) is 0 Å². The number of anilines is 1. The van der Waals surface area contributed by atoms with Crippen molar-refractivity contribution in [3.05, 3.63) is 18.7 Å². The van der Waals surface area contributed by atoms with Crippen LogP contribution in [0.1, 0.15) is 6.42 Å². The molecule has 6 nitrogen and oxygen atoms in total. The van der Waals surface area contributed by atoms with Crippen LogP contribution in [0.2, 0.25) is 0 Å². The van der Waals surface area contributed by atoms with Gasteiger partial charge in [0.1, 0.15) is 6.33 Å². The van der Waals surface area contributed by atoms with Crippen molar-refractivity contribution in [1.29, 1.82) is 0 Å². The van der Waals surface area contributed by atoms with Gasteiger partial charge < -0.3 is 10.6 Å². The van der Waals surface area contributed by atoms with E-state index in [-0.39, 0.29) is 0 Å². The van der Waals surface area contributed by atoms with Gasteiger partial charge in [-0.05, 0) is 6.42 Å². The molecule has 0 aliphatic carbocycles. The smallest absolute Gasteiger partial charge is 0.203 e. The molecule has 15 heavy (non-hydrogen) atoms. The maximum Gasteiger partial charge on any atom is 0.203 e. The Morgan fingerprint density at radius 2 is 2.47 bits per heavy atom. The maximum absolute atomic E-state index is 5.67. The van der Waals surface area contributed by atoms with Crippen molar-refractivity contribution in [2.24, 2.45) is 5.73 Å². The fourth-order valence-electron chi connectivity index (χ4n) is 1.91. The van der Waals surface area contributed by atoms with Gasteiger partial charge in [-0.3, -0.25) is 4.40 Å². The molecular weight excluding hydrogens is 192 g/mol. The van der Waals surface area contributed by atoms with Crippen LogP contribution in [-0.2, 0) is 0 Å². The number of hydrogen-bond acceptors (Lipinski definition) is 5. The number of fused-ring (bicyclic) bond motifs is 1. The van der Waals surface area contributed by atoms with E-state index in [0.717, 1.165) is 24.4 Å². The van der Waals surface area contributed by atoms with Crippen molar-refractivity contribution in [2.75, 3.05) is 18.0 Å². The molecule has 0 saturated carbocycles. The summed E-state index contributed by atoms with van der Waals surface area (Å²) in [5.74, 6) is 0.886. The van der Waals surface area contributed by atoms with E-state index >= 15 is 0 Å². The first-order valence-electron chi connectivity index (χ1n) is 5.01. The SMILES string of the molecule is NCC1CCN1c1nccn2cnnc12. The third-order valence-corrected chi connectivity index (χ3v) is 2.89. The zero-order valence-electron chi connectivity index (χ0n) is 8.24. The third-order valence-electron chi connectivity index (χ3n) is 2.89. The molecule has 2 aromatic rings. The molecule has 1 saturated heterocycles. The predicted octanol–water partition coefficient (Wildman–Crippen LogP) is -0.338. The summed E-state index contributed by atoms with van der Waals surface area (Å²) in [5, 5.41) is 7.93. The van der Waals surface area contributed by atoms with Gasteiger partial charge in [-0.15, -0.1) is 10.2 Å². The van der Waals surface area contributed by atoms with Crippen LogP contribution in [-0.4, -0.2) is 38.7 Å². The van der Waals surface area contributed by atoms with E-state index in [9.17, 15) is 0 Å². The van der Waals surface area contributed by atoms with Crippen LogP contribution in [0.15, 0.2) is 18.7 Å². The summed E-state index contributed by atoms with van der Waals surface area (Å²) in [6.45, 7) is 1.66. The van der Waals surface area contributed by atoms with E-state index in [1.165, 1.54) is 0 Å². The molecule has 1 atom stereocenters. The van der Waals surface area contributed by atoms with Crippen LogP contribution < -0.4 is 10.6 Å². The van der Waals surface area contributed by atoms with Gasteiger partial charge in [0.2, 0.25) is 5.65 Å². The Kier molecular flexibility index (Phi) is 1.81. The summed E-state index contributed by atoms with van der Waals surface area (Å²) in [5.41, 5.74) is 6.47. The highest BCUT2D eigenvalue weighted by molar-refractivity contribution is 5.64. The van der Waals surface area contributed by atoms with Gasteiger partial charge in [-0.1, -0.05) is 0 Å². The van der Waals surface area contributed by atoms with Gasteiger partial charge in [-0.25, -0.2) is 4.98 Å². The Morgan fingerprint density at radius 3 is 3.20 bits per heavy atom. The predicted molar refractivity (Wildman–Crippen MR) is 55.6 cm³/mol. The zero-order valence-corrected chi connectivity index (χ0v) is 8.24. The molecule has 0 spiro atoms. The molecule has 6 heteroatoms. The Balaban J connectivity index is 2.06. The van der Waals surface area contributed by atoms with Crippen LogP contribution in [0.25, 0.3) is 5.65 Å². The number of rotatable bonds is 2. The van der Waals surface area contributed by atoms with Crippen LogP contribution in [0.5, 0.6) is 0 Å². The Morgan fingerprint density at radius 1 is 1.53 bits per heavy atom. The third kappa shape index (κ3) is 1.18. The van der Waals surface area contributed by atoms with Gasteiger partial charge in [0.05, 0.1) is 0 Å². The highest BCUT2D eigenvalue weighted by atomic mass is 15.3. The van der Waals surface area contributed by atoms with Crippen molar-refractivity contribution in [2.45, 2.75) is 12.5 Å². The minimum atomic E-state index is 0.403. The quantitative estimate of drug-likeness (QED) is 0.724. The molecule has 1 unspecified atom stereocenters. The summed E-state index contributed by atoms with van der Waals surface area (Å²) in [6.07, 6.45) is 6.42. The van der Waals surface area contributed by atoms with Gasteiger partial charge in [0, 0.05) is 31.5 Å². The minimum Gasteiger partial charge on any atom is -0.349 e. The summed E-state index contributed by atoms with van der Waals surface area (Å²) in [6, 6.07) is 0.403. The topological polar surface area (TPSA) is 72.3 Å². The van der Waals surface area contributed by atoms with E-state index in [0.29, 0.717) is 12.6 Å². The molecule has 2 aromatic heterocycles. The van der Waals surface area contributed by atoms with Crippen LogP contribution in [0, 0.1) is 0 Å². The lowest BCUT2D eigenvalue weighted by molar-refractivity contribution is 0.452. The second kappa shape index (κ2) is 3.16. The van der Waals surface area contributed by atoms with E-state index in [2.05, 4.69) is 20.1 Å². The molecule has 0 bridgehead atoms. The molecule has 0 aromatic carbocycles. The highest BCUT2D eigenvalue weighted by Gasteiger charge is 2.29. The largest absolute Gasteiger partial charge is 0.349 e. The van der Waals surface area contributed by atoms with E-state index in [1.54, 1.807) is 12.5 Å². The summed E-state index contributed by atoms with van der Waals surface area (Å²) in [7, 11) is 0. The summed E-state index contributed by atoms with van der Waals surface area (Å²) in [4.78, 5) is 6.53. The van der Waals surface area contributed by atoms with Crippen LogP contribution in [0.4, 0.5) is 5.82 Å². The lowest BCUT2D eigenvalue weighted by atomic mass is 10.0. The number of nitrogens with two attached hydrogens (primary N) is 1. The first kappa shape index (κ1) is 8.60. The van der Waals surface area contributed by atoms with Crippen molar-refractivity contribution >= 4 is 11.5 Å². The van der Waals surface area contributed by atoms with Gasteiger partial charge in [-0.2, -0.15) is 0 Å². The molecule has 78 valence electrons. The number of hydrogen-bond donors (Lipinski definition) is 1. The molecule has 1 fully saturated rings. The zero-order chi connectivity index (χ0) is 10.3. The molecule has 0 radical (unpaired) electrons. The Bertz CT molecular complexity index is 476. The molecule has 1 aliphatic rings. The maximum atomic E-state index is 5.67. The van der Waals surface area contributed by atoms with E-state index < -0.39 is 0 Å². The average molecular weight is 204 g/mol. The molecule has 3 heterocycles. The Hall–Kier alpha value is -1.69. The molecule has 3 rings (SSSR count). The van der Waals surface area contributed by atoms with Crippen molar-refractivity contribution in [3.63, 3.8) is 0 Å². The van der Waals surface area contributed by atoms with Crippen molar-refractivity contribution in [1.82, 2.24) is 19.6 Å². The highest BCUT2D eigenvalue weighted by Crippen LogP contribution is 2.26. The van der Waals surface area contributed by atoms with Crippen molar-refractivity contribution < 1.29 is 0 Å². The lowest BCUT2D eigenvalue weighted by Gasteiger charge is -2.41. The van der Waals surface area contributed by atoms with Gasteiger partial charge >= 0.3 is 0 Å². The molecule has 0 amide bonds. The lowest BCUT2D eigenvalue weighted by Crippen LogP contribution is -2.52. The van der Waals surface area contributed by atoms with E-state index in [4.69, 9.17) is 5.73 Å². The first-order valence-corrected chi connectivity index (χ1v) is 5.01. The second-order valence-electron chi connectivity index (χ2n) is 3.68.